The summed E-state index contributed by atoms with van der Waals surface area (Å²) in [5.74, 6) is -0.0195. The first-order valence-electron chi connectivity index (χ1n) is 13.1. The van der Waals surface area contributed by atoms with E-state index in [0.717, 1.165) is 12.0 Å². The number of esters is 2. The highest BCUT2D eigenvalue weighted by Gasteiger charge is 2.42. The van der Waals surface area contributed by atoms with Gasteiger partial charge in [0.15, 0.2) is 5.17 Å². The summed E-state index contributed by atoms with van der Waals surface area (Å²) < 4.78 is 21.4. The number of thioether (sulfide) groups is 1. The van der Waals surface area contributed by atoms with E-state index < -0.39 is 12.0 Å². The number of benzene rings is 1. The second kappa shape index (κ2) is 12.6. The number of nitrogens with zero attached hydrogens (tertiary/aromatic N) is 3. The molecular weight excluding hydrogens is 522 g/mol. The van der Waals surface area contributed by atoms with Crippen LogP contribution in [-0.2, 0) is 23.9 Å². The van der Waals surface area contributed by atoms with Gasteiger partial charge in [0.25, 0.3) is 0 Å². The van der Waals surface area contributed by atoms with Crippen molar-refractivity contribution < 1.29 is 33.3 Å². The number of carbonyl (C=O) groups is 3. The zero-order chi connectivity index (χ0) is 28.1. The molecule has 0 spiro atoms. The number of amides is 1. The van der Waals surface area contributed by atoms with E-state index in [9.17, 15) is 14.4 Å². The molecule has 0 aliphatic carbocycles. The molecule has 210 valence electrons. The summed E-state index contributed by atoms with van der Waals surface area (Å²) in [6, 6.07) is 4.86. The van der Waals surface area contributed by atoms with Crippen molar-refractivity contribution in [3.8, 4) is 11.5 Å². The third-order valence-corrected chi connectivity index (χ3v) is 7.93. The number of aliphatic imine (C=N–C) groups is 1. The van der Waals surface area contributed by atoms with Crippen LogP contribution < -0.4 is 9.47 Å². The van der Waals surface area contributed by atoms with Crippen LogP contribution in [0.4, 0.5) is 0 Å². The molecule has 0 radical (unpaired) electrons. The molecule has 3 heterocycles. The first-order chi connectivity index (χ1) is 18.8. The van der Waals surface area contributed by atoms with Crippen molar-refractivity contribution >= 4 is 34.8 Å². The second-order valence-corrected chi connectivity index (χ2v) is 10.2. The van der Waals surface area contributed by atoms with E-state index in [2.05, 4.69) is 0 Å². The number of carbonyl (C=O) groups excluding carboxylic acids is 3. The summed E-state index contributed by atoms with van der Waals surface area (Å²) >= 11 is 1.41. The number of hydrogen-bond acceptors (Lipinski definition) is 10. The molecule has 1 saturated heterocycles. The van der Waals surface area contributed by atoms with Crippen molar-refractivity contribution in [1.82, 2.24) is 9.80 Å². The molecule has 0 N–H and O–H groups in total. The van der Waals surface area contributed by atoms with Gasteiger partial charge >= 0.3 is 11.9 Å². The van der Waals surface area contributed by atoms with Crippen molar-refractivity contribution in [2.75, 3.05) is 41.0 Å². The number of fused-ring (bicyclic) bond motifs is 1. The molecule has 0 bridgehead atoms. The fourth-order valence-electron chi connectivity index (χ4n) is 5.14. The standard InChI is InChI=1S/C28H35N3O7S/c1-6-22-24(27(34)37-5)25(18-11-20(35-3)14-21(12-18)36-4)31-19(16-39-28(31)29-22)13-23(32)30-10-8-9-17(15-30)26(33)38-7-2/h11-12,14,16-17,25H,6-10,13,15H2,1-5H3/t17-,25-/m0/s1. The molecule has 0 aromatic heterocycles. The van der Waals surface area contributed by atoms with Gasteiger partial charge in [-0.25, -0.2) is 9.79 Å². The number of allylic oxidation sites excluding steroid dienone is 1. The zero-order valence-electron chi connectivity index (χ0n) is 23.0. The van der Waals surface area contributed by atoms with Crippen LogP contribution in [0.3, 0.4) is 0 Å². The average Bonchev–Trinajstić information content (AvgIpc) is 3.37. The second-order valence-electron chi connectivity index (χ2n) is 9.35. The third-order valence-electron chi connectivity index (χ3n) is 7.05. The number of piperidine rings is 1. The van der Waals surface area contributed by atoms with Crippen molar-refractivity contribution in [1.29, 1.82) is 0 Å². The van der Waals surface area contributed by atoms with Crippen LogP contribution in [0.15, 0.2) is 45.6 Å². The maximum absolute atomic E-state index is 13.5. The summed E-state index contributed by atoms with van der Waals surface area (Å²) in [5.41, 5.74) is 2.48. The third kappa shape index (κ3) is 5.93. The Bertz CT molecular complexity index is 1200. The monoisotopic (exact) mass is 557 g/mol. The Morgan fingerprint density at radius 3 is 2.41 bits per heavy atom. The lowest BCUT2D eigenvalue weighted by molar-refractivity contribution is -0.151. The Labute approximate surface area is 233 Å². The van der Waals surface area contributed by atoms with E-state index in [0.29, 0.717) is 66.2 Å². The Balaban J connectivity index is 1.68. The minimum Gasteiger partial charge on any atom is -0.497 e. The SMILES string of the molecule is CCOC(=O)[C@H]1CCCN(C(=O)CC2=CSC3=NC(CC)=C(C(=O)OC)[C@H](c4cc(OC)cc(OC)c4)N23)C1. The Morgan fingerprint density at radius 1 is 1.08 bits per heavy atom. The van der Waals surface area contributed by atoms with Crippen molar-refractivity contribution in [2.45, 2.75) is 45.6 Å². The van der Waals surface area contributed by atoms with Gasteiger partial charge in [-0.2, -0.15) is 0 Å². The fraction of sp³-hybridized carbons (Fsp3) is 0.500. The summed E-state index contributed by atoms with van der Waals surface area (Å²) in [5, 5.41) is 2.58. The number of methoxy groups -OCH3 is 3. The van der Waals surface area contributed by atoms with Gasteiger partial charge in [-0.3, -0.25) is 9.59 Å². The number of amidine groups is 1. The maximum atomic E-state index is 13.5. The first-order valence-corrected chi connectivity index (χ1v) is 13.9. The van der Waals surface area contributed by atoms with Crippen LogP contribution in [0.5, 0.6) is 11.5 Å². The van der Waals surface area contributed by atoms with Gasteiger partial charge in [-0.05, 0) is 49.3 Å². The Morgan fingerprint density at radius 2 is 1.79 bits per heavy atom. The van der Waals surface area contributed by atoms with Gasteiger partial charge in [0.1, 0.15) is 11.5 Å². The highest BCUT2D eigenvalue weighted by atomic mass is 32.2. The van der Waals surface area contributed by atoms with Gasteiger partial charge < -0.3 is 28.7 Å². The smallest absolute Gasteiger partial charge is 0.338 e. The maximum Gasteiger partial charge on any atom is 0.338 e. The van der Waals surface area contributed by atoms with Crippen LogP contribution in [0.2, 0.25) is 0 Å². The molecular formula is C28H35N3O7S. The van der Waals surface area contributed by atoms with Crippen LogP contribution in [0.1, 0.15) is 51.1 Å². The van der Waals surface area contributed by atoms with Crippen molar-refractivity contribution in [3.63, 3.8) is 0 Å². The molecule has 1 aromatic rings. The molecule has 39 heavy (non-hydrogen) atoms. The number of ether oxygens (including phenoxy) is 4. The van der Waals surface area contributed by atoms with E-state index in [1.165, 1.54) is 18.9 Å². The highest BCUT2D eigenvalue weighted by molar-refractivity contribution is 8.16. The Kier molecular flexibility index (Phi) is 9.21. The number of hydrogen-bond donors (Lipinski definition) is 0. The van der Waals surface area contributed by atoms with E-state index in [1.54, 1.807) is 32.1 Å². The molecule has 10 nitrogen and oxygen atoms in total. The molecule has 3 aliphatic rings. The first kappa shape index (κ1) is 28.5. The summed E-state index contributed by atoms with van der Waals surface area (Å²) in [6.45, 7) is 4.95. The topological polar surface area (TPSA) is 107 Å². The van der Waals surface area contributed by atoms with Gasteiger partial charge in [-0.15, -0.1) is 0 Å². The molecule has 1 aromatic carbocycles. The quantitative estimate of drug-likeness (QED) is 0.416. The number of likely N-dealkylation sites (tertiary alicyclic amines) is 1. The largest absolute Gasteiger partial charge is 0.497 e. The molecule has 1 amide bonds. The average molecular weight is 558 g/mol. The lowest BCUT2D eigenvalue weighted by Gasteiger charge is -2.37. The predicted octanol–water partition coefficient (Wildman–Crippen LogP) is 4.03. The van der Waals surface area contributed by atoms with Crippen LogP contribution in [0.25, 0.3) is 0 Å². The van der Waals surface area contributed by atoms with Crippen LogP contribution >= 0.6 is 11.8 Å². The van der Waals surface area contributed by atoms with E-state index in [1.807, 2.05) is 29.4 Å². The van der Waals surface area contributed by atoms with Gasteiger partial charge in [0.2, 0.25) is 5.91 Å². The van der Waals surface area contributed by atoms with Crippen molar-refractivity contribution in [3.05, 3.63) is 46.1 Å². The lowest BCUT2D eigenvalue weighted by atomic mass is 9.92. The van der Waals surface area contributed by atoms with Crippen molar-refractivity contribution in [2.24, 2.45) is 10.9 Å². The molecule has 3 aliphatic heterocycles. The molecule has 0 saturated carbocycles. The fourth-order valence-corrected chi connectivity index (χ4v) is 6.08. The van der Waals surface area contributed by atoms with Crippen LogP contribution in [0, 0.1) is 5.92 Å². The molecule has 0 unspecified atom stereocenters. The summed E-state index contributed by atoms with van der Waals surface area (Å²) in [7, 11) is 4.48. The van der Waals surface area contributed by atoms with Gasteiger partial charge in [-0.1, -0.05) is 18.7 Å². The Hall–Kier alpha value is -3.47. The normalized spacial score (nSPS) is 20.6. The summed E-state index contributed by atoms with van der Waals surface area (Å²) in [6.07, 6.45) is 2.06. The minimum atomic E-state index is -0.605. The van der Waals surface area contributed by atoms with Gasteiger partial charge in [0, 0.05) is 24.9 Å². The van der Waals surface area contributed by atoms with E-state index >= 15 is 0 Å². The molecule has 2 atom stereocenters. The highest BCUT2D eigenvalue weighted by Crippen LogP contribution is 2.46. The van der Waals surface area contributed by atoms with E-state index in [-0.39, 0.29) is 24.2 Å². The lowest BCUT2D eigenvalue weighted by Crippen LogP contribution is -2.44. The molecule has 1 fully saturated rings. The molecule has 4 rings (SSSR count). The van der Waals surface area contributed by atoms with Gasteiger partial charge in [0.05, 0.1) is 57.6 Å². The number of rotatable bonds is 9. The van der Waals surface area contributed by atoms with Crippen LogP contribution in [-0.4, -0.2) is 73.8 Å². The summed E-state index contributed by atoms with van der Waals surface area (Å²) in [4.78, 5) is 47.4. The zero-order valence-corrected chi connectivity index (χ0v) is 23.8. The minimum absolute atomic E-state index is 0.0923. The molecule has 11 heteroatoms. The predicted molar refractivity (Wildman–Crippen MR) is 147 cm³/mol. The van der Waals surface area contributed by atoms with E-state index in [4.69, 9.17) is 23.9 Å².